The smallest absolute Gasteiger partial charge is 0.237 e. The van der Waals surface area contributed by atoms with Gasteiger partial charge in [-0.25, -0.2) is 0 Å². The van der Waals surface area contributed by atoms with Crippen LogP contribution in [0.5, 0.6) is 0 Å². The minimum Gasteiger partial charge on any atom is -0.326 e. The zero-order chi connectivity index (χ0) is 13.0. The maximum absolute atomic E-state index is 11.5. The van der Waals surface area contributed by atoms with Crippen LogP contribution >= 0.6 is 15.9 Å². The fourth-order valence-corrected chi connectivity index (χ4v) is 1.38. The number of rotatable bonds is 3. The summed E-state index contributed by atoms with van der Waals surface area (Å²) in [6.45, 7) is 5.09. The first-order valence-electron chi connectivity index (χ1n) is 5.23. The molecule has 0 aliphatic heterocycles. The van der Waals surface area contributed by atoms with Gasteiger partial charge in [0.05, 0.1) is 4.83 Å². The lowest BCUT2D eigenvalue weighted by Crippen LogP contribution is -2.20. The third-order valence-electron chi connectivity index (χ3n) is 2.18. The van der Waals surface area contributed by atoms with E-state index in [0.717, 1.165) is 5.56 Å². The van der Waals surface area contributed by atoms with Crippen molar-refractivity contribution >= 4 is 39.1 Å². The van der Waals surface area contributed by atoms with E-state index in [4.69, 9.17) is 0 Å². The van der Waals surface area contributed by atoms with Crippen molar-refractivity contribution in [3.8, 4) is 0 Å². The number of amides is 2. The fraction of sp³-hybridized carbons (Fsp3) is 0.333. The Labute approximate surface area is 109 Å². The number of halogens is 1. The van der Waals surface area contributed by atoms with Crippen molar-refractivity contribution in [1.82, 2.24) is 0 Å². The highest BCUT2D eigenvalue weighted by atomic mass is 79.9. The second kappa shape index (κ2) is 5.82. The topological polar surface area (TPSA) is 58.2 Å². The van der Waals surface area contributed by atoms with Gasteiger partial charge in [-0.3, -0.25) is 9.59 Å². The molecule has 4 nitrogen and oxygen atoms in total. The zero-order valence-corrected chi connectivity index (χ0v) is 11.6. The normalized spacial score (nSPS) is 11.8. The van der Waals surface area contributed by atoms with Crippen molar-refractivity contribution in [3.63, 3.8) is 0 Å². The lowest BCUT2D eigenvalue weighted by molar-refractivity contribution is -0.115. The highest BCUT2D eigenvalue weighted by Crippen LogP contribution is 2.20. The number of carbonyl (C=O) groups is 2. The Morgan fingerprint density at radius 1 is 1.29 bits per heavy atom. The number of aryl methyl sites for hydroxylation is 1. The molecule has 1 aromatic rings. The predicted octanol–water partition coefficient (Wildman–Crippen LogP) is 2.68. The zero-order valence-electron chi connectivity index (χ0n) is 10.0. The quantitative estimate of drug-likeness (QED) is 0.843. The molecular weight excluding hydrogens is 284 g/mol. The monoisotopic (exact) mass is 298 g/mol. The van der Waals surface area contributed by atoms with E-state index in [1.807, 2.05) is 13.0 Å². The van der Waals surface area contributed by atoms with E-state index < -0.39 is 0 Å². The number of nitrogens with one attached hydrogen (secondary N) is 2. The first-order valence-corrected chi connectivity index (χ1v) is 6.15. The van der Waals surface area contributed by atoms with Gasteiger partial charge in [-0.15, -0.1) is 0 Å². The molecule has 0 aromatic heterocycles. The van der Waals surface area contributed by atoms with Crippen molar-refractivity contribution in [1.29, 1.82) is 0 Å². The molecule has 0 heterocycles. The summed E-state index contributed by atoms with van der Waals surface area (Å²) in [5.41, 5.74) is 2.32. The Morgan fingerprint density at radius 2 is 1.94 bits per heavy atom. The molecule has 0 radical (unpaired) electrons. The summed E-state index contributed by atoms with van der Waals surface area (Å²) in [7, 11) is 0. The molecule has 1 unspecified atom stereocenters. The molecule has 2 amide bonds. The summed E-state index contributed by atoms with van der Waals surface area (Å²) < 4.78 is 0. The van der Waals surface area contributed by atoms with Gasteiger partial charge in [0.2, 0.25) is 11.8 Å². The third-order valence-corrected chi connectivity index (χ3v) is 2.59. The van der Waals surface area contributed by atoms with Crippen molar-refractivity contribution < 1.29 is 9.59 Å². The predicted molar refractivity (Wildman–Crippen MR) is 72.5 cm³/mol. The van der Waals surface area contributed by atoms with Crippen molar-refractivity contribution in [2.75, 3.05) is 10.6 Å². The van der Waals surface area contributed by atoms with Crippen LogP contribution in [-0.4, -0.2) is 16.6 Å². The molecular formula is C12H15BrN2O2. The summed E-state index contributed by atoms with van der Waals surface area (Å²) in [5, 5.41) is 5.46. The second-order valence-electron chi connectivity index (χ2n) is 3.82. The van der Waals surface area contributed by atoms with Crippen LogP contribution in [0.1, 0.15) is 19.4 Å². The molecule has 0 saturated carbocycles. The van der Waals surface area contributed by atoms with Crippen molar-refractivity contribution in [2.45, 2.75) is 25.6 Å². The van der Waals surface area contributed by atoms with Gasteiger partial charge >= 0.3 is 0 Å². The third kappa shape index (κ3) is 4.19. The molecule has 0 bridgehead atoms. The first kappa shape index (κ1) is 13.7. The Hall–Kier alpha value is -1.36. The van der Waals surface area contributed by atoms with E-state index in [9.17, 15) is 9.59 Å². The average molecular weight is 299 g/mol. The second-order valence-corrected chi connectivity index (χ2v) is 5.19. The van der Waals surface area contributed by atoms with Crippen LogP contribution in [0.25, 0.3) is 0 Å². The van der Waals surface area contributed by atoms with Gasteiger partial charge in [-0.2, -0.15) is 0 Å². The van der Waals surface area contributed by atoms with Crippen LogP contribution in [0.15, 0.2) is 18.2 Å². The number of hydrogen-bond donors (Lipinski definition) is 2. The van der Waals surface area contributed by atoms with E-state index >= 15 is 0 Å². The number of alkyl halides is 1. The van der Waals surface area contributed by atoms with Crippen LogP contribution in [0, 0.1) is 6.92 Å². The molecule has 0 saturated heterocycles. The van der Waals surface area contributed by atoms with Crippen LogP contribution in [0.2, 0.25) is 0 Å². The lowest BCUT2D eigenvalue weighted by Gasteiger charge is -2.11. The standard InChI is InChI=1S/C12H15BrN2O2/c1-7-4-5-10(15-12(17)8(2)13)6-11(7)14-9(3)16/h4-6,8H,1-3H3,(H,14,16)(H,15,17). The van der Waals surface area contributed by atoms with Gasteiger partial charge in [-0.1, -0.05) is 22.0 Å². The lowest BCUT2D eigenvalue weighted by atomic mass is 10.1. The van der Waals surface area contributed by atoms with Crippen molar-refractivity contribution in [2.24, 2.45) is 0 Å². The number of benzene rings is 1. The average Bonchev–Trinajstić information content (AvgIpc) is 2.22. The van der Waals surface area contributed by atoms with Gasteiger partial charge in [0, 0.05) is 18.3 Å². The molecule has 17 heavy (non-hydrogen) atoms. The summed E-state index contributed by atoms with van der Waals surface area (Å²) in [5.74, 6) is -0.256. The summed E-state index contributed by atoms with van der Waals surface area (Å²) in [4.78, 5) is 22.2. The van der Waals surface area contributed by atoms with E-state index in [-0.39, 0.29) is 16.6 Å². The Bertz CT molecular complexity index is 444. The molecule has 1 rings (SSSR count). The van der Waals surface area contributed by atoms with Crippen LogP contribution in [0.4, 0.5) is 11.4 Å². The maximum atomic E-state index is 11.5. The molecule has 0 aliphatic carbocycles. The molecule has 0 spiro atoms. The maximum Gasteiger partial charge on any atom is 0.237 e. The molecule has 1 aromatic carbocycles. The van der Waals surface area contributed by atoms with E-state index in [1.54, 1.807) is 19.1 Å². The highest BCUT2D eigenvalue weighted by molar-refractivity contribution is 9.10. The summed E-state index contributed by atoms with van der Waals surface area (Å²) in [6, 6.07) is 5.39. The summed E-state index contributed by atoms with van der Waals surface area (Å²) in [6.07, 6.45) is 0. The number of carbonyl (C=O) groups excluding carboxylic acids is 2. The molecule has 2 N–H and O–H groups in total. The van der Waals surface area contributed by atoms with Crippen molar-refractivity contribution in [3.05, 3.63) is 23.8 Å². The van der Waals surface area contributed by atoms with E-state index in [1.165, 1.54) is 6.92 Å². The van der Waals surface area contributed by atoms with Gasteiger partial charge in [0.25, 0.3) is 0 Å². The van der Waals surface area contributed by atoms with Gasteiger partial charge in [0.15, 0.2) is 0 Å². The Kier molecular flexibility index (Phi) is 4.69. The van der Waals surface area contributed by atoms with Gasteiger partial charge < -0.3 is 10.6 Å². The molecule has 0 fully saturated rings. The largest absolute Gasteiger partial charge is 0.326 e. The highest BCUT2D eigenvalue weighted by Gasteiger charge is 2.09. The van der Waals surface area contributed by atoms with Gasteiger partial charge in [0.1, 0.15) is 0 Å². The first-order chi connectivity index (χ1) is 7.90. The minimum atomic E-state index is -0.256. The van der Waals surface area contributed by atoms with Crippen LogP contribution in [0.3, 0.4) is 0 Å². The van der Waals surface area contributed by atoms with E-state index in [0.29, 0.717) is 11.4 Å². The molecule has 5 heteroatoms. The molecule has 0 aliphatic rings. The fourth-order valence-electron chi connectivity index (χ4n) is 1.27. The number of hydrogen-bond acceptors (Lipinski definition) is 2. The minimum absolute atomic E-state index is 0.123. The van der Waals surface area contributed by atoms with Crippen LogP contribution < -0.4 is 10.6 Å². The molecule has 92 valence electrons. The number of anilines is 2. The van der Waals surface area contributed by atoms with Gasteiger partial charge in [-0.05, 0) is 31.5 Å². The Morgan fingerprint density at radius 3 is 2.47 bits per heavy atom. The van der Waals surface area contributed by atoms with Crippen LogP contribution in [-0.2, 0) is 9.59 Å². The Balaban J connectivity index is 2.88. The van der Waals surface area contributed by atoms with E-state index in [2.05, 4.69) is 26.6 Å². The summed E-state index contributed by atoms with van der Waals surface area (Å²) >= 11 is 3.19. The SMILES string of the molecule is CC(=O)Nc1cc(NC(=O)C(C)Br)ccc1C. The molecule has 1 atom stereocenters.